The Labute approximate surface area is 338 Å². The summed E-state index contributed by atoms with van der Waals surface area (Å²) in [6.45, 7) is 27.1. The standard InChI is InChI=1S/2C23H27.C2H6Si.2ClH.Zr/c2*1-6-16(4)19-13-18-11-12-20(15(2)3)23(22(18)14-19)21-10-8-7-9-17(21)5;1-3-2;;;/h2*7-16H,6H2,1-5H3;1-2H3;2*1H;/q2*-1;;;;+4/p-2. The third-order valence-electron chi connectivity index (χ3n) is 10.3. The number of rotatable bonds is 8. The Morgan fingerprint density at radius 2 is 0.904 bits per heavy atom. The van der Waals surface area contributed by atoms with E-state index in [1.807, 2.05) is 0 Å². The Hall–Kier alpha value is -2.22. The van der Waals surface area contributed by atoms with Crippen LogP contribution in [0.2, 0.25) is 13.1 Å². The Morgan fingerprint density at radius 3 is 1.19 bits per heavy atom. The van der Waals surface area contributed by atoms with Crippen LogP contribution < -0.4 is 0 Å². The molecular formula is C48H60Cl2SiZr. The zero-order valence-electron chi connectivity index (χ0n) is 33.7. The molecule has 0 nitrogen and oxygen atoms in total. The summed E-state index contributed by atoms with van der Waals surface area (Å²) in [5.41, 5.74) is 14.2. The van der Waals surface area contributed by atoms with Crippen LogP contribution in [-0.4, -0.2) is 9.52 Å². The Kier molecular flexibility index (Phi) is 18.4. The molecule has 0 aliphatic carbocycles. The molecule has 2 unspecified atom stereocenters. The van der Waals surface area contributed by atoms with Gasteiger partial charge in [0.2, 0.25) is 0 Å². The summed E-state index contributed by atoms with van der Waals surface area (Å²) in [7, 11) is 11.0. The first kappa shape index (κ1) is 44.2. The first-order chi connectivity index (χ1) is 24.9. The second-order valence-corrected chi connectivity index (χ2v) is 19.5. The Balaban J connectivity index is 0.000000244. The summed E-state index contributed by atoms with van der Waals surface area (Å²) >= 11 is -0.826. The first-order valence-corrected chi connectivity index (χ1v) is 27.3. The van der Waals surface area contributed by atoms with Gasteiger partial charge in [0.05, 0.1) is 0 Å². The van der Waals surface area contributed by atoms with Crippen molar-refractivity contribution < 1.29 is 20.8 Å². The van der Waals surface area contributed by atoms with Gasteiger partial charge in [0, 0.05) is 9.52 Å². The number of halogens is 2. The second-order valence-electron chi connectivity index (χ2n) is 14.8. The monoisotopic (exact) mass is 824 g/mol. The van der Waals surface area contributed by atoms with Crippen LogP contribution in [0, 0.1) is 13.8 Å². The molecule has 6 aromatic rings. The van der Waals surface area contributed by atoms with Crippen molar-refractivity contribution in [1.82, 2.24) is 0 Å². The fraction of sp³-hybridized carbons (Fsp3) is 0.375. The van der Waals surface area contributed by atoms with Crippen molar-refractivity contribution in [2.45, 2.75) is 119 Å². The van der Waals surface area contributed by atoms with Crippen LogP contribution in [-0.2, 0) is 20.8 Å². The van der Waals surface area contributed by atoms with Gasteiger partial charge in [-0.25, -0.2) is 0 Å². The van der Waals surface area contributed by atoms with Crippen LogP contribution in [0.15, 0.2) is 97.1 Å². The van der Waals surface area contributed by atoms with Crippen LogP contribution in [0.5, 0.6) is 0 Å². The molecule has 0 heterocycles. The van der Waals surface area contributed by atoms with E-state index in [-0.39, 0.29) is 0 Å². The molecule has 0 N–H and O–H groups in total. The fourth-order valence-corrected chi connectivity index (χ4v) is 6.95. The molecule has 0 fully saturated rings. The van der Waals surface area contributed by atoms with Crippen LogP contribution in [0.1, 0.15) is 125 Å². The molecule has 0 aliphatic rings. The summed E-state index contributed by atoms with van der Waals surface area (Å²) in [6.07, 6.45) is 2.38. The molecule has 0 aliphatic heterocycles. The topological polar surface area (TPSA) is 0 Å². The number of benzene rings is 4. The van der Waals surface area contributed by atoms with E-state index >= 15 is 0 Å². The van der Waals surface area contributed by atoms with Crippen molar-refractivity contribution in [3.8, 4) is 22.3 Å². The first-order valence-electron chi connectivity index (χ1n) is 19.0. The van der Waals surface area contributed by atoms with Crippen LogP contribution in [0.4, 0.5) is 0 Å². The van der Waals surface area contributed by atoms with Gasteiger partial charge in [-0.05, 0) is 59.8 Å². The van der Waals surface area contributed by atoms with Crippen LogP contribution >= 0.6 is 17.0 Å². The van der Waals surface area contributed by atoms with Gasteiger partial charge >= 0.3 is 37.9 Å². The maximum absolute atomic E-state index is 4.93. The summed E-state index contributed by atoms with van der Waals surface area (Å²) in [5, 5.41) is 5.59. The Morgan fingerprint density at radius 1 is 0.577 bits per heavy atom. The fourth-order valence-electron chi connectivity index (χ4n) is 6.95. The molecule has 52 heavy (non-hydrogen) atoms. The van der Waals surface area contributed by atoms with Crippen molar-refractivity contribution in [2.24, 2.45) is 0 Å². The van der Waals surface area contributed by atoms with Gasteiger partial charge in [-0.3, -0.25) is 0 Å². The van der Waals surface area contributed by atoms with Crippen molar-refractivity contribution in [1.29, 1.82) is 0 Å². The average molecular weight is 827 g/mol. The van der Waals surface area contributed by atoms with Crippen LogP contribution in [0.25, 0.3) is 43.8 Å². The number of fused-ring (bicyclic) bond motifs is 2. The number of hydrogen-bond acceptors (Lipinski definition) is 0. The summed E-state index contributed by atoms with van der Waals surface area (Å²) in [4.78, 5) is 0. The van der Waals surface area contributed by atoms with Gasteiger partial charge in [-0.2, -0.15) is 12.1 Å². The minimum atomic E-state index is -0.826. The summed E-state index contributed by atoms with van der Waals surface area (Å²) in [5.74, 6) is 2.29. The zero-order chi connectivity index (χ0) is 38.5. The van der Waals surface area contributed by atoms with Crippen molar-refractivity contribution in [3.05, 3.63) is 130 Å². The zero-order valence-corrected chi connectivity index (χ0v) is 38.7. The van der Waals surface area contributed by atoms with E-state index in [1.54, 1.807) is 0 Å². The molecule has 0 aromatic heterocycles. The number of hydrogen-bond donors (Lipinski definition) is 0. The van der Waals surface area contributed by atoms with E-state index < -0.39 is 20.8 Å². The normalized spacial score (nSPS) is 12.0. The van der Waals surface area contributed by atoms with Gasteiger partial charge in [0.15, 0.2) is 0 Å². The molecule has 0 spiro atoms. The van der Waals surface area contributed by atoms with Crippen molar-refractivity contribution >= 4 is 48.1 Å². The molecule has 0 bridgehead atoms. The second kappa shape index (κ2) is 21.6. The molecule has 0 saturated carbocycles. The van der Waals surface area contributed by atoms with Crippen LogP contribution in [0.3, 0.4) is 0 Å². The predicted molar refractivity (Wildman–Crippen MR) is 234 cm³/mol. The molecule has 0 amide bonds. The van der Waals surface area contributed by atoms with Gasteiger partial charge in [0.1, 0.15) is 0 Å². The predicted octanol–water partition coefficient (Wildman–Crippen LogP) is 16.5. The van der Waals surface area contributed by atoms with Gasteiger partial charge < -0.3 is 0 Å². The van der Waals surface area contributed by atoms with E-state index in [0.717, 1.165) is 9.52 Å². The van der Waals surface area contributed by atoms with Gasteiger partial charge in [-0.1, -0.05) is 152 Å². The molecule has 4 heteroatoms. The van der Waals surface area contributed by atoms with E-state index in [2.05, 4.69) is 179 Å². The van der Waals surface area contributed by atoms with E-state index in [0.29, 0.717) is 23.7 Å². The van der Waals surface area contributed by atoms with E-state index in [9.17, 15) is 0 Å². The average Bonchev–Trinajstić information content (AvgIpc) is 3.77. The third-order valence-corrected chi connectivity index (χ3v) is 10.3. The third kappa shape index (κ3) is 10.9. The molecular weight excluding hydrogens is 767 g/mol. The molecule has 6 aromatic carbocycles. The van der Waals surface area contributed by atoms with Gasteiger partial charge in [-0.15, -0.1) is 69.1 Å². The van der Waals surface area contributed by atoms with E-state index in [4.69, 9.17) is 17.0 Å². The number of aryl methyl sites for hydroxylation is 2. The molecule has 6 rings (SSSR count). The van der Waals surface area contributed by atoms with Crippen molar-refractivity contribution in [2.75, 3.05) is 0 Å². The minimum absolute atomic E-state index is 0.524. The summed E-state index contributed by atoms with van der Waals surface area (Å²) in [6, 6.07) is 36.4. The molecule has 0 saturated heterocycles. The molecule has 2 radical (unpaired) electrons. The SMILES string of the molecule is CCC(C)c1cc2c(-c3ccccc3C)c(C(C)C)ccc2[cH-]1.CCC(C)c1cc2c(-c3ccccc3C)c(C(C)C)ccc2[cH-]1.C[Si]C.[Cl][Zr+2][Cl]. The van der Waals surface area contributed by atoms with Gasteiger partial charge in [0.25, 0.3) is 0 Å². The maximum atomic E-state index is 4.93. The summed E-state index contributed by atoms with van der Waals surface area (Å²) < 4.78 is 0. The Bertz CT molecular complexity index is 1830. The molecule has 2 atom stereocenters. The quantitative estimate of drug-likeness (QED) is 0.106. The van der Waals surface area contributed by atoms with E-state index in [1.165, 1.54) is 90.0 Å². The molecule has 274 valence electrons. The van der Waals surface area contributed by atoms with Crippen molar-refractivity contribution in [3.63, 3.8) is 0 Å².